The largest absolute Gasteiger partial charge is 0.573 e. The quantitative estimate of drug-likeness (QED) is 0.802. The van der Waals surface area contributed by atoms with E-state index in [9.17, 15) is 26.3 Å². The number of halogens is 6. The van der Waals surface area contributed by atoms with E-state index in [1.165, 1.54) is 25.3 Å². The van der Waals surface area contributed by atoms with Gasteiger partial charge in [0.15, 0.2) is 0 Å². The van der Waals surface area contributed by atoms with Crippen LogP contribution in [0.2, 0.25) is 0 Å². The van der Waals surface area contributed by atoms with Gasteiger partial charge in [-0.05, 0) is 29.8 Å². The third-order valence-electron chi connectivity index (χ3n) is 3.37. The summed E-state index contributed by atoms with van der Waals surface area (Å²) >= 11 is 0. The van der Waals surface area contributed by atoms with E-state index in [1.54, 1.807) is 0 Å². The van der Waals surface area contributed by atoms with Gasteiger partial charge in [-0.2, -0.15) is 13.2 Å². The summed E-state index contributed by atoms with van der Waals surface area (Å²) in [6.45, 7) is 0. The van der Waals surface area contributed by atoms with Crippen molar-refractivity contribution in [2.24, 2.45) is 5.73 Å². The highest BCUT2D eigenvalue weighted by atomic mass is 19.4. The molecule has 2 aromatic carbocycles. The molecule has 9 heteroatoms. The molecule has 0 aromatic heterocycles. The fourth-order valence-electron chi connectivity index (χ4n) is 2.20. The summed E-state index contributed by atoms with van der Waals surface area (Å²) in [6.07, 6.45) is -9.35. The average Bonchev–Trinajstić information content (AvgIpc) is 2.52. The Kier molecular flexibility index (Phi) is 5.17. The maximum absolute atomic E-state index is 12.7. The van der Waals surface area contributed by atoms with Crippen LogP contribution in [0.25, 0.3) is 0 Å². The highest BCUT2D eigenvalue weighted by Gasteiger charge is 2.32. The molecule has 2 rings (SSSR count). The van der Waals surface area contributed by atoms with Crippen molar-refractivity contribution in [3.8, 4) is 11.5 Å². The third-order valence-corrected chi connectivity index (χ3v) is 3.37. The summed E-state index contributed by atoms with van der Waals surface area (Å²) < 4.78 is 83.4. The molecule has 0 spiro atoms. The first-order valence-electron chi connectivity index (χ1n) is 6.87. The van der Waals surface area contributed by atoms with E-state index in [0.717, 1.165) is 24.3 Å². The van der Waals surface area contributed by atoms with Crippen LogP contribution in [0.3, 0.4) is 0 Å². The van der Waals surface area contributed by atoms with Gasteiger partial charge in [0.25, 0.3) is 0 Å². The van der Waals surface area contributed by atoms with E-state index >= 15 is 0 Å². The normalized spacial score (nSPS) is 13.4. The predicted octanol–water partition coefficient (Wildman–Crippen LogP) is 4.66. The van der Waals surface area contributed by atoms with E-state index in [-0.39, 0.29) is 11.3 Å². The first kappa shape index (κ1) is 18.9. The van der Waals surface area contributed by atoms with Crippen molar-refractivity contribution < 1.29 is 35.8 Å². The smallest absolute Gasteiger partial charge is 0.496 e. The molecule has 0 aliphatic rings. The van der Waals surface area contributed by atoms with Crippen LogP contribution in [0.5, 0.6) is 11.5 Å². The molecule has 0 aliphatic carbocycles. The van der Waals surface area contributed by atoms with Crippen LogP contribution in [0.1, 0.15) is 22.7 Å². The standard InChI is InChI=1S/C16H13F6NO2/c1-24-13-8-10(15(17,18)19)4-7-12(13)14(23)9-2-5-11(6-3-9)25-16(20,21)22/h2-8,14H,23H2,1H3/t14-/m1/s1. The molecule has 0 unspecified atom stereocenters. The Labute approximate surface area is 139 Å². The zero-order valence-electron chi connectivity index (χ0n) is 12.8. The van der Waals surface area contributed by atoms with Crippen molar-refractivity contribution >= 4 is 0 Å². The van der Waals surface area contributed by atoms with Crippen molar-refractivity contribution in [3.05, 3.63) is 59.2 Å². The van der Waals surface area contributed by atoms with Crippen LogP contribution >= 0.6 is 0 Å². The number of hydrogen-bond acceptors (Lipinski definition) is 3. The average molecular weight is 365 g/mol. The maximum Gasteiger partial charge on any atom is 0.573 e. The lowest BCUT2D eigenvalue weighted by Crippen LogP contribution is -2.17. The molecule has 0 aliphatic heterocycles. The van der Waals surface area contributed by atoms with Gasteiger partial charge in [0, 0.05) is 5.56 Å². The monoisotopic (exact) mass is 365 g/mol. The summed E-state index contributed by atoms with van der Waals surface area (Å²) in [4.78, 5) is 0. The van der Waals surface area contributed by atoms with Gasteiger partial charge in [0.1, 0.15) is 11.5 Å². The minimum Gasteiger partial charge on any atom is -0.496 e. The zero-order valence-corrected chi connectivity index (χ0v) is 12.8. The number of methoxy groups -OCH3 is 1. The molecule has 0 bridgehead atoms. The minimum absolute atomic E-state index is 0.0713. The summed E-state index contributed by atoms with van der Waals surface area (Å²) in [6, 6.07) is 6.68. The second kappa shape index (κ2) is 6.83. The zero-order chi connectivity index (χ0) is 18.8. The Morgan fingerprint density at radius 1 is 0.920 bits per heavy atom. The maximum atomic E-state index is 12.7. The number of rotatable bonds is 4. The van der Waals surface area contributed by atoms with Gasteiger partial charge >= 0.3 is 12.5 Å². The van der Waals surface area contributed by atoms with Crippen molar-refractivity contribution in [3.63, 3.8) is 0 Å². The summed E-state index contributed by atoms with van der Waals surface area (Å²) in [5.41, 5.74) is 5.76. The lowest BCUT2D eigenvalue weighted by atomic mass is 9.97. The van der Waals surface area contributed by atoms with Gasteiger partial charge in [0.05, 0.1) is 18.7 Å². The fourth-order valence-corrected chi connectivity index (χ4v) is 2.20. The van der Waals surface area contributed by atoms with Gasteiger partial charge in [-0.25, -0.2) is 0 Å². The lowest BCUT2D eigenvalue weighted by molar-refractivity contribution is -0.274. The molecule has 136 valence electrons. The molecule has 0 amide bonds. The predicted molar refractivity (Wildman–Crippen MR) is 77.2 cm³/mol. The summed E-state index contributed by atoms with van der Waals surface area (Å²) in [5, 5.41) is 0. The van der Waals surface area contributed by atoms with Gasteiger partial charge in [0.2, 0.25) is 0 Å². The third kappa shape index (κ3) is 4.79. The first-order chi connectivity index (χ1) is 11.5. The van der Waals surface area contributed by atoms with Crippen LogP contribution in [0, 0.1) is 0 Å². The van der Waals surface area contributed by atoms with Gasteiger partial charge in [-0.3, -0.25) is 0 Å². The van der Waals surface area contributed by atoms with E-state index in [2.05, 4.69) is 4.74 Å². The molecular formula is C16H13F6NO2. The van der Waals surface area contributed by atoms with E-state index in [1.807, 2.05) is 0 Å². The lowest BCUT2D eigenvalue weighted by Gasteiger charge is -2.18. The summed E-state index contributed by atoms with van der Waals surface area (Å²) in [7, 11) is 1.20. The molecule has 0 heterocycles. The number of hydrogen-bond donors (Lipinski definition) is 1. The Bertz CT molecular complexity index is 725. The molecule has 0 saturated carbocycles. The Morgan fingerprint density at radius 3 is 2.00 bits per heavy atom. The first-order valence-corrected chi connectivity index (χ1v) is 6.87. The highest BCUT2D eigenvalue weighted by molar-refractivity contribution is 5.45. The van der Waals surface area contributed by atoms with Crippen molar-refractivity contribution in [1.82, 2.24) is 0 Å². The Balaban J connectivity index is 2.29. The number of benzene rings is 2. The van der Waals surface area contributed by atoms with Gasteiger partial charge in [-0.15, -0.1) is 13.2 Å². The minimum atomic E-state index is -4.82. The second-order valence-electron chi connectivity index (χ2n) is 5.05. The van der Waals surface area contributed by atoms with Crippen LogP contribution in [0.4, 0.5) is 26.3 Å². The van der Waals surface area contributed by atoms with Crippen LogP contribution in [-0.2, 0) is 6.18 Å². The molecule has 1 atom stereocenters. The van der Waals surface area contributed by atoms with Gasteiger partial charge < -0.3 is 15.2 Å². The fraction of sp³-hybridized carbons (Fsp3) is 0.250. The second-order valence-corrected chi connectivity index (χ2v) is 5.05. The van der Waals surface area contributed by atoms with E-state index in [4.69, 9.17) is 10.5 Å². The molecule has 3 nitrogen and oxygen atoms in total. The molecule has 25 heavy (non-hydrogen) atoms. The van der Waals surface area contributed by atoms with E-state index in [0.29, 0.717) is 5.56 Å². The molecule has 0 radical (unpaired) electrons. The topological polar surface area (TPSA) is 44.5 Å². The van der Waals surface area contributed by atoms with Crippen LogP contribution < -0.4 is 15.2 Å². The highest BCUT2D eigenvalue weighted by Crippen LogP contribution is 2.36. The SMILES string of the molecule is COc1cc(C(F)(F)F)ccc1[C@H](N)c1ccc(OC(F)(F)F)cc1. The number of ether oxygens (including phenoxy) is 2. The van der Waals surface area contributed by atoms with Crippen molar-refractivity contribution in [2.75, 3.05) is 7.11 Å². The van der Waals surface area contributed by atoms with Crippen molar-refractivity contribution in [2.45, 2.75) is 18.6 Å². The summed E-state index contributed by atoms with van der Waals surface area (Å²) in [5.74, 6) is -0.499. The number of nitrogens with two attached hydrogens (primary N) is 1. The van der Waals surface area contributed by atoms with E-state index < -0.39 is 29.9 Å². The molecular weight excluding hydrogens is 352 g/mol. The Hall–Kier alpha value is -2.42. The van der Waals surface area contributed by atoms with Crippen molar-refractivity contribution in [1.29, 1.82) is 0 Å². The molecule has 2 aromatic rings. The van der Waals surface area contributed by atoms with Crippen LogP contribution in [-0.4, -0.2) is 13.5 Å². The Morgan fingerprint density at radius 2 is 1.52 bits per heavy atom. The molecule has 2 N–H and O–H groups in total. The molecule has 0 saturated heterocycles. The van der Waals surface area contributed by atoms with Gasteiger partial charge in [-0.1, -0.05) is 18.2 Å². The molecule has 0 fully saturated rings. The van der Waals surface area contributed by atoms with Crippen LogP contribution in [0.15, 0.2) is 42.5 Å². The number of alkyl halides is 6.